The Balaban J connectivity index is 1.68. The molecule has 0 aliphatic carbocycles. The van der Waals surface area contributed by atoms with Gasteiger partial charge in [-0.15, -0.1) is 10.2 Å². The highest BCUT2D eigenvalue weighted by molar-refractivity contribution is 4.79. The second-order valence-corrected chi connectivity index (χ2v) is 3.88. The summed E-state index contributed by atoms with van der Waals surface area (Å²) in [5.41, 5.74) is 0. The third kappa shape index (κ3) is 3.00. The molecule has 0 amide bonds. The Labute approximate surface area is 90.0 Å². The highest BCUT2D eigenvalue weighted by Gasteiger charge is 2.09. The van der Waals surface area contributed by atoms with E-state index in [0.717, 1.165) is 51.6 Å². The van der Waals surface area contributed by atoms with Gasteiger partial charge in [-0.1, -0.05) is 0 Å². The van der Waals surface area contributed by atoms with Gasteiger partial charge in [0.1, 0.15) is 12.2 Å². The van der Waals surface area contributed by atoms with Gasteiger partial charge in [-0.05, 0) is 13.3 Å². The van der Waals surface area contributed by atoms with Crippen LogP contribution in [0, 0.1) is 6.92 Å². The number of morpholine rings is 1. The summed E-state index contributed by atoms with van der Waals surface area (Å²) in [5.74, 6) is 0.997. The monoisotopic (exact) mass is 210 g/mol. The number of hydrogen-bond donors (Lipinski definition) is 0. The minimum absolute atomic E-state index is 0.881. The molecule has 5 nitrogen and oxygen atoms in total. The summed E-state index contributed by atoms with van der Waals surface area (Å²) in [5, 5.41) is 7.83. The lowest BCUT2D eigenvalue weighted by Gasteiger charge is -2.26. The molecule has 0 radical (unpaired) electrons. The number of aromatic nitrogens is 3. The van der Waals surface area contributed by atoms with Crippen molar-refractivity contribution in [3.05, 3.63) is 12.2 Å². The van der Waals surface area contributed by atoms with E-state index in [1.165, 1.54) is 0 Å². The maximum absolute atomic E-state index is 5.30. The first kappa shape index (κ1) is 10.6. The fourth-order valence-corrected chi connectivity index (χ4v) is 1.82. The van der Waals surface area contributed by atoms with Crippen LogP contribution >= 0.6 is 0 Å². The summed E-state index contributed by atoms with van der Waals surface area (Å²) in [7, 11) is 0. The van der Waals surface area contributed by atoms with Crippen LogP contribution in [0.3, 0.4) is 0 Å². The summed E-state index contributed by atoms with van der Waals surface area (Å²) in [4.78, 5) is 2.45. The SMILES string of the molecule is Cc1nncn1CCCN1CCOCC1. The van der Waals surface area contributed by atoms with Gasteiger partial charge in [0.15, 0.2) is 0 Å². The predicted molar refractivity (Wildman–Crippen MR) is 56.6 cm³/mol. The first-order valence-corrected chi connectivity index (χ1v) is 5.51. The first-order chi connectivity index (χ1) is 7.36. The Bertz CT molecular complexity index is 293. The zero-order valence-corrected chi connectivity index (χ0v) is 9.22. The molecule has 0 spiro atoms. The quantitative estimate of drug-likeness (QED) is 0.717. The number of ether oxygens (including phenoxy) is 1. The van der Waals surface area contributed by atoms with E-state index >= 15 is 0 Å². The Kier molecular flexibility index (Phi) is 3.69. The highest BCUT2D eigenvalue weighted by Crippen LogP contribution is 2.00. The molecule has 1 aromatic heterocycles. The summed E-state index contributed by atoms with van der Waals surface area (Å²) < 4.78 is 7.40. The average molecular weight is 210 g/mol. The van der Waals surface area contributed by atoms with E-state index < -0.39 is 0 Å². The molecule has 1 aromatic rings. The maximum Gasteiger partial charge on any atom is 0.129 e. The van der Waals surface area contributed by atoms with Crippen LogP contribution in [0.15, 0.2) is 6.33 Å². The molecule has 1 aliphatic heterocycles. The normalized spacial score (nSPS) is 18.2. The van der Waals surface area contributed by atoms with Crippen molar-refractivity contribution in [3.63, 3.8) is 0 Å². The topological polar surface area (TPSA) is 43.2 Å². The fraction of sp³-hybridized carbons (Fsp3) is 0.800. The minimum atomic E-state index is 0.881. The highest BCUT2D eigenvalue weighted by atomic mass is 16.5. The van der Waals surface area contributed by atoms with Crippen LogP contribution in [0.4, 0.5) is 0 Å². The van der Waals surface area contributed by atoms with E-state index in [0.29, 0.717) is 0 Å². The van der Waals surface area contributed by atoms with Gasteiger partial charge in [-0.3, -0.25) is 4.90 Å². The van der Waals surface area contributed by atoms with Crippen LogP contribution in [0.1, 0.15) is 12.2 Å². The number of aryl methyl sites for hydroxylation is 2. The Hall–Kier alpha value is -0.940. The molecule has 1 aliphatic rings. The third-order valence-electron chi connectivity index (χ3n) is 2.79. The van der Waals surface area contributed by atoms with Gasteiger partial charge in [0.05, 0.1) is 13.2 Å². The Morgan fingerprint density at radius 2 is 2.13 bits per heavy atom. The zero-order chi connectivity index (χ0) is 10.5. The number of hydrogen-bond acceptors (Lipinski definition) is 4. The molecule has 84 valence electrons. The molecule has 0 unspecified atom stereocenters. The summed E-state index contributed by atoms with van der Waals surface area (Å²) in [6.07, 6.45) is 2.95. The molecule has 15 heavy (non-hydrogen) atoms. The largest absolute Gasteiger partial charge is 0.379 e. The van der Waals surface area contributed by atoms with Gasteiger partial charge in [0.2, 0.25) is 0 Å². The lowest BCUT2D eigenvalue weighted by molar-refractivity contribution is 0.0369. The van der Waals surface area contributed by atoms with Crippen LogP contribution in [-0.2, 0) is 11.3 Å². The van der Waals surface area contributed by atoms with Gasteiger partial charge in [0.25, 0.3) is 0 Å². The van der Waals surface area contributed by atoms with Gasteiger partial charge < -0.3 is 9.30 Å². The molecule has 0 atom stereocenters. The van der Waals surface area contributed by atoms with Crippen molar-refractivity contribution < 1.29 is 4.74 Å². The van der Waals surface area contributed by atoms with Gasteiger partial charge >= 0.3 is 0 Å². The molecule has 2 rings (SSSR count). The molecule has 0 bridgehead atoms. The first-order valence-electron chi connectivity index (χ1n) is 5.51. The van der Waals surface area contributed by atoms with E-state index in [1.54, 1.807) is 6.33 Å². The number of rotatable bonds is 4. The summed E-state index contributed by atoms with van der Waals surface area (Å²) in [6.45, 7) is 8.04. The molecular weight excluding hydrogens is 192 g/mol. The van der Waals surface area contributed by atoms with E-state index in [2.05, 4.69) is 19.7 Å². The molecule has 0 saturated carbocycles. The second kappa shape index (κ2) is 5.23. The van der Waals surface area contributed by atoms with Crippen LogP contribution in [-0.4, -0.2) is 52.5 Å². The van der Waals surface area contributed by atoms with E-state index in [9.17, 15) is 0 Å². The van der Waals surface area contributed by atoms with Crippen molar-refractivity contribution in [2.45, 2.75) is 19.9 Å². The molecule has 1 saturated heterocycles. The standard InChI is InChI=1S/C10H18N4O/c1-10-12-11-9-14(10)4-2-3-13-5-7-15-8-6-13/h9H,2-8H2,1H3. The molecule has 0 aromatic carbocycles. The molecule has 1 fully saturated rings. The lowest BCUT2D eigenvalue weighted by atomic mass is 10.3. The van der Waals surface area contributed by atoms with Gasteiger partial charge in [0, 0.05) is 26.2 Å². The van der Waals surface area contributed by atoms with Crippen LogP contribution in [0.25, 0.3) is 0 Å². The molecular formula is C10H18N4O. The Morgan fingerprint density at radius 1 is 1.33 bits per heavy atom. The van der Waals surface area contributed by atoms with Crippen molar-refractivity contribution in [3.8, 4) is 0 Å². The third-order valence-corrected chi connectivity index (χ3v) is 2.79. The van der Waals surface area contributed by atoms with Crippen molar-refractivity contribution >= 4 is 0 Å². The summed E-state index contributed by atoms with van der Waals surface area (Å²) >= 11 is 0. The zero-order valence-electron chi connectivity index (χ0n) is 9.22. The van der Waals surface area contributed by atoms with Crippen LogP contribution in [0.2, 0.25) is 0 Å². The predicted octanol–water partition coefficient (Wildman–Crippen LogP) is 0.309. The van der Waals surface area contributed by atoms with E-state index in [1.807, 2.05) is 6.92 Å². The minimum Gasteiger partial charge on any atom is -0.379 e. The van der Waals surface area contributed by atoms with E-state index in [4.69, 9.17) is 4.74 Å². The Morgan fingerprint density at radius 3 is 2.80 bits per heavy atom. The van der Waals surface area contributed by atoms with Crippen LogP contribution < -0.4 is 0 Å². The van der Waals surface area contributed by atoms with Crippen molar-refractivity contribution in [1.82, 2.24) is 19.7 Å². The molecule has 0 N–H and O–H groups in total. The van der Waals surface area contributed by atoms with Crippen molar-refractivity contribution in [2.24, 2.45) is 0 Å². The lowest BCUT2D eigenvalue weighted by Crippen LogP contribution is -2.37. The summed E-state index contributed by atoms with van der Waals surface area (Å²) in [6, 6.07) is 0. The molecule has 5 heteroatoms. The number of nitrogens with zero attached hydrogens (tertiary/aromatic N) is 4. The van der Waals surface area contributed by atoms with Crippen molar-refractivity contribution in [1.29, 1.82) is 0 Å². The maximum atomic E-state index is 5.30. The van der Waals surface area contributed by atoms with E-state index in [-0.39, 0.29) is 0 Å². The van der Waals surface area contributed by atoms with Crippen molar-refractivity contribution in [2.75, 3.05) is 32.8 Å². The molecule has 2 heterocycles. The smallest absolute Gasteiger partial charge is 0.129 e. The van der Waals surface area contributed by atoms with Crippen LogP contribution in [0.5, 0.6) is 0 Å². The van der Waals surface area contributed by atoms with Gasteiger partial charge in [-0.2, -0.15) is 0 Å². The second-order valence-electron chi connectivity index (χ2n) is 3.88. The van der Waals surface area contributed by atoms with Gasteiger partial charge in [-0.25, -0.2) is 0 Å². The average Bonchev–Trinajstić information content (AvgIpc) is 2.66. The fourth-order valence-electron chi connectivity index (χ4n) is 1.82.